The highest BCUT2D eigenvalue weighted by atomic mass is 16.3. The van der Waals surface area contributed by atoms with Crippen molar-refractivity contribution < 1.29 is 9.21 Å². The van der Waals surface area contributed by atoms with Gasteiger partial charge in [-0.1, -0.05) is 37.3 Å². The summed E-state index contributed by atoms with van der Waals surface area (Å²) in [7, 11) is 1.86. The van der Waals surface area contributed by atoms with Crippen molar-refractivity contribution in [2.75, 3.05) is 0 Å². The van der Waals surface area contributed by atoms with E-state index >= 15 is 0 Å². The molecule has 1 aromatic carbocycles. The van der Waals surface area contributed by atoms with E-state index < -0.39 is 0 Å². The van der Waals surface area contributed by atoms with Gasteiger partial charge in [0.15, 0.2) is 5.76 Å². The van der Waals surface area contributed by atoms with Crippen LogP contribution in [-0.4, -0.2) is 15.7 Å². The Morgan fingerprint density at radius 1 is 1.25 bits per heavy atom. The summed E-state index contributed by atoms with van der Waals surface area (Å²) in [6, 6.07) is 15.5. The summed E-state index contributed by atoms with van der Waals surface area (Å²) in [5.74, 6) is 0.645. The van der Waals surface area contributed by atoms with Crippen molar-refractivity contribution in [2.24, 2.45) is 7.05 Å². The second kappa shape index (κ2) is 7.17. The van der Waals surface area contributed by atoms with Crippen LogP contribution in [0.2, 0.25) is 0 Å². The zero-order chi connectivity index (χ0) is 16.9. The highest BCUT2D eigenvalue weighted by molar-refractivity contribution is 5.83. The number of nitrogens with zero attached hydrogens (tertiary/aromatic N) is 2. The number of carbonyl (C=O) groups is 1. The first kappa shape index (κ1) is 16.1. The van der Waals surface area contributed by atoms with Gasteiger partial charge in [0, 0.05) is 7.05 Å². The Morgan fingerprint density at radius 2 is 2.04 bits per heavy atom. The lowest BCUT2D eigenvalue weighted by atomic mass is 9.96. The number of hydrogen-bond acceptors (Lipinski definition) is 3. The Hall–Kier alpha value is -2.82. The number of aromatic nitrogens is 2. The fourth-order valence-corrected chi connectivity index (χ4v) is 2.83. The molecule has 124 valence electrons. The number of rotatable bonds is 6. The third kappa shape index (κ3) is 3.40. The maximum Gasteiger partial charge on any atom is 0.227 e. The van der Waals surface area contributed by atoms with E-state index in [9.17, 15) is 4.79 Å². The smallest absolute Gasteiger partial charge is 0.227 e. The van der Waals surface area contributed by atoms with Crippen LogP contribution in [0.1, 0.15) is 30.5 Å². The monoisotopic (exact) mass is 323 g/mol. The zero-order valence-electron chi connectivity index (χ0n) is 13.9. The standard InChI is InChI=1S/C19H21N3O2/c1-3-16(14-8-5-4-6-9-14)19(23)20-13-15-12-17(22(2)21-15)18-10-7-11-24-18/h4-12,16H,3,13H2,1-2H3,(H,20,23)/t16-/m1/s1. The number of benzene rings is 1. The molecule has 0 aliphatic carbocycles. The summed E-state index contributed by atoms with van der Waals surface area (Å²) in [6.45, 7) is 2.42. The molecule has 0 saturated heterocycles. The molecule has 5 nitrogen and oxygen atoms in total. The van der Waals surface area contributed by atoms with Gasteiger partial charge in [0.25, 0.3) is 0 Å². The minimum absolute atomic E-state index is 0.0221. The lowest BCUT2D eigenvalue weighted by Crippen LogP contribution is -2.28. The molecule has 2 aromatic heterocycles. The fourth-order valence-electron chi connectivity index (χ4n) is 2.83. The third-order valence-corrected chi connectivity index (χ3v) is 4.07. The molecule has 1 N–H and O–H groups in total. The lowest BCUT2D eigenvalue weighted by molar-refractivity contribution is -0.122. The van der Waals surface area contributed by atoms with Gasteiger partial charge in [0.1, 0.15) is 5.69 Å². The topological polar surface area (TPSA) is 60.1 Å². The molecule has 1 amide bonds. The molecule has 0 unspecified atom stereocenters. The number of nitrogens with one attached hydrogen (secondary N) is 1. The fraction of sp³-hybridized carbons (Fsp3) is 0.263. The van der Waals surface area contributed by atoms with E-state index in [-0.39, 0.29) is 11.8 Å². The normalized spacial score (nSPS) is 12.1. The molecular formula is C19H21N3O2. The highest BCUT2D eigenvalue weighted by Crippen LogP contribution is 2.21. The molecule has 0 aliphatic rings. The molecule has 0 fully saturated rings. The SMILES string of the molecule is CC[C@@H](C(=O)NCc1cc(-c2ccco2)n(C)n1)c1ccccc1. The van der Waals surface area contributed by atoms with Crippen LogP contribution in [0.3, 0.4) is 0 Å². The van der Waals surface area contributed by atoms with Crippen molar-refractivity contribution in [1.29, 1.82) is 0 Å². The van der Waals surface area contributed by atoms with Crippen LogP contribution in [0.25, 0.3) is 11.5 Å². The number of amides is 1. The maximum absolute atomic E-state index is 12.5. The summed E-state index contributed by atoms with van der Waals surface area (Å²) in [4.78, 5) is 12.5. The summed E-state index contributed by atoms with van der Waals surface area (Å²) in [6.07, 6.45) is 2.39. The van der Waals surface area contributed by atoms with Crippen molar-refractivity contribution in [1.82, 2.24) is 15.1 Å². The number of aryl methyl sites for hydroxylation is 1. The van der Waals surface area contributed by atoms with E-state index in [4.69, 9.17) is 4.42 Å². The minimum Gasteiger partial charge on any atom is -0.463 e. The molecule has 0 saturated carbocycles. The molecule has 24 heavy (non-hydrogen) atoms. The van der Waals surface area contributed by atoms with Gasteiger partial charge in [-0.05, 0) is 30.2 Å². The first-order valence-electron chi connectivity index (χ1n) is 8.08. The number of hydrogen-bond donors (Lipinski definition) is 1. The Morgan fingerprint density at radius 3 is 2.71 bits per heavy atom. The largest absolute Gasteiger partial charge is 0.463 e. The molecule has 2 heterocycles. The predicted octanol–water partition coefficient (Wildman–Crippen LogP) is 3.49. The molecule has 0 bridgehead atoms. The Bertz CT molecular complexity index is 791. The van der Waals surface area contributed by atoms with Gasteiger partial charge in [-0.15, -0.1) is 0 Å². The summed E-state index contributed by atoms with van der Waals surface area (Å²) >= 11 is 0. The average molecular weight is 323 g/mol. The summed E-state index contributed by atoms with van der Waals surface area (Å²) in [5.41, 5.74) is 2.73. The quantitative estimate of drug-likeness (QED) is 0.755. The first-order chi connectivity index (χ1) is 11.7. The highest BCUT2D eigenvalue weighted by Gasteiger charge is 2.18. The van der Waals surface area contributed by atoms with Crippen LogP contribution in [0.5, 0.6) is 0 Å². The van der Waals surface area contributed by atoms with Crippen molar-refractivity contribution >= 4 is 5.91 Å². The number of furan rings is 1. The summed E-state index contributed by atoms with van der Waals surface area (Å²) < 4.78 is 7.16. The second-order valence-corrected chi connectivity index (χ2v) is 5.71. The van der Waals surface area contributed by atoms with Crippen molar-refractivity contribution in [3.8, 4) is 11.5 Å². The van der Waals surface area contributed by atoms with Crippen LogP contribution in [-0.2, 0) is 18.4 Å². The Balaban J connectivity index is 1.67. The predicted molar refractivity (Wildman–Crippen MR) is 92.2 cm³/mol. The van der Waals surface area contributed by atoms with Gasteiger partial charge in [0.05, 0.1) is 24.4 Å². The van der Waals surface area contributed by atoms with E-state index in [1.165, 1.54) is 0 Å². The molecule has 5 heteroatoms. The molecule has 0 radical (unpaired) electrons. The van der Waals surface area contributed by atoms with Gasteiger partial charge in [-0.2, -0.15) is 5.10 Å². The Kier molecular flexibility index (Phi) is 4.79. The van der Waals surface area contributed by atoms with Gasteiger partial charge >= 0.3 is 0 Å². The minimum atomic E-state index is -0.139. The maximum atomic E-state index is 12.5. The van der Waals surface area contributed by atoms with Gasteiger partial charge in [-0.3, -0.25) is 9.48 Å². The van der Waals surface area contributed by atoms with E-state index in [2.05, 4.69) is 10.4 Å². The summed E-state index contributed by atoms with van der Waals surface area (Å²) in [5, 5.41) is 7.43. The molecular weight excluding hydrogens is 302 g/mol. The van der Waals surface area contributed by atoms with Crippen LogP contribution >= 0.6 is 0 Å². The molecule has 0 spiro atoms. The first-order valence-corrected chi connectivity index (χ1v) is 8.08. The molecule has 0 aliphatic heterocycles. The van der Waals surface area contributed by atoms with E-state index in [0.717, 1.165) is 29.1 Å². The average Bonchev–Trinajstić information content (AvgIpc) is 3.24. The Labute approximate surface area is 141 Å². The number of carbonyl (C=O) groups excluding carboxylic acids is 1. The van der Waals surface area contributed by atoms with E-state index in [1.54, 1.807) is 10.9 Å². The molecule has 3 aromatic rings. The van der Waals surface area contributed by atoms with Crippen molar-refractivity contribution in [3.05, 3.63) is 66.1 Å². The van der Waals surface area contributed by atoms with Gasteiger partial charge in [0.2, 0.25) is 5.91 Å². The van der Waals surface area contributed by atoms with Crippen molar-refractivity contribution in [3.63, 3.8) is 0 Å². The van der Waals surface area contributed by atoms with E-state index in [1.807, 2.05) is 62.5 Å². The van der Waals surface area contributed by atoms with Crippen LogP contribution in [0.15, 0.2) is 59.2 Å². The van der Waals surface area contributed by atoms with Crippen LogP contribution in [0.4, 0.5) is 0 Å². The second-order valence-electron chi connectivity index (χ2n) is 5.71. The zero-order valence-corrected chi connectivity index (χ0v) is 13.9. The van der Waals surface area contributed by atoms with Crippen LogP contribution < -0.4 is 5.32 Å². The van der Waals surface area contributed by atoms with Crippen LogP contribution in [0, 0.1) is 0 Å². The third-order valence-electron chi connectivity index (χ3n) is 4.07. The van der Waals surface area contributed by atoms with Gasteiger partial charge in [-0.25, -0.2) is 0 Å². The van der Waals surface area contributed by atoms with Gasteiger partial charge < -0.3 is 9.73 Å². The van der Waals surface area contributed by atoms with Crippen molar-refractivity contribution in [2.45, 2.75) is 25.8 Å². The molecule has 3 rings (SSSR count). The lowest BCUT2D eigenvalue weighted by Gasteiger charge is -2.14. The molecule has 1 atom stereocenters. The van der Waals surface area contributed by atoms with E-state index in [0.29, 0.717) is 6.54 Å².